The average Bonchev–Trinajstić information content (AvgIpc) is 3.08. The van der Waals surface area contributed by atoms with Crippen molar-refractivity contribution in [1.29, 1.82) is 0 Å². The number of H-pyrrole nitrogens is 2. The quantitative estimate of drug-likeness (QED) is 0.324. The number of nitrogens with two attached hydrogens (primary N) is 1. The first-order chi connectivity index (χ1) is 14.3. The first-order valence-corrected chi connectivity index (χ1v) is 8.96. The highest BCUT2D eigenvalue weighted by Crippen LogP contribution is 2.30. The fourth-order valence-corrected chi connectivity index (χ4v) is 3.22. The number of nitrogen functional groups attached to an aromatic ring is 1. The minimum Gasteiger partial charge on any atom is -0.491 e. The van der Waals surface area contributed by atoms with Crippen molar-refractivity contribution in [2.75, 3.05) is 12.3 Å². The van der Waals surface area contributed by atoms with Crippen molar-refractivity contribution >= 4 is 33.6 Å². The molecule has 0 fully saturated rings. The Balaban J connectivity index is 1.70. The summed E-state index contributed by atoms with van der Waals surface area (Å²) < 4.78 is 19.7. The Bertz CT molecular complexity index is 1330. The predicted octanol–water partition coefficient (Wildman–Crippen LogP) is 2.01. The number of ether oxygens (including phenoxy) is 1. The Hall–Kier alpha value is -3.92. The minimum atomic E-state index is -1.15. The lowest BCUT2D eigenvalue weighted by Gasteiger charge is -2.10. The van der Waals surface area contributed by atoms with Crippen molar-refractivity contribution in [3.8, 4) is 17.1 Å². The lowest BCUT2D eigenvalue weighted by atomic mass is 10.1. The number of carbonyl (C=O) groups is 1. The summed E-state index contributed by atoms with van der Waals surface area (Å²) in [5.74, 6) is -1.16. The molecule has 0 aliphatic carbocycles. The summed E-state index contributed by atoms with van der Waals surface area (Å²) in [6, 6.07) is 9.09. The Labute approximate surface area is 167 Å². The van der Waals surface area contributed by atoms with Gasteiger partial charge >= 0.3 is 5.97 Å². The Kier molecular flexibility index (Phi) is 4.84. The molecule has 0 saturated heterocycles. The SMILES string of the molecule is Nc1c(-c2nc3ccc(OCC(O)CC(=O)O)cc3[nH]2)c(=O)[nH]c2cccc(F)c12. The summed E-state index contributed by atoms with van der Waals surface area (Å²) in [5.41, 5.74) is 6.89. The number of imidazole rings is 1. The van der Waals surface area contributed by atoms with Crippen molar-refractivity contribution in [2.24, 2.45) is 0 Å². The van der Waals surface area contributed by atoms with E-state index in [9.17, 15) is 19.1 Å². The number of rotatable bonds is 6. The van der Waals surface area contributed by atoms with Gasteiger partial charge in [0.15, 0.2) is 0 Å². The Morgan fingerprint density at radius 3 is 2.80 bits per heavy atom. The third-order valence-corrected chi connectivity index (χ3v) is 4.57. The number of nitrogens with one attached hydrogen (secondary N) is 2. The third kappa shape index (κ3) is 3.55. The number of aromatic nitrogens is 3. The van der Waals surface area contributed by atoms with Crippen molar-refractivity contribution in [3.05, 3.63) is 52.6 Å². The second-order valence-electron chi connectivity index (χ2n) is 6.73. The van der Waals surface area contributed by atoms with Gasteiger partial charge in [0.05, 0.1) is 40.1 Å². The monoisotopic (exact) mass is 412 g/mol. The lowest BCUT2D eigenvalue weighted by Crippen LogP contribution is -2.21. The van der Waals surface area contributed by atoms with E-state index in [1.54, 1.807) is 24.3 Å². The number of hydrogen-bond acceptors (Lipinski definition) is 6. The van der Waals surface area contributed by atoms with Crippen molar-refractivity contribution in [2.45, 2.75) is 12.5 Å². The van der Waals surface area contributed by atoms with Gasteiger partial charge < -0.3 is 30.7 Å². The Morgan fingerprint density at radius 1 is 1.23 bits per heavy atom. The van der Waals surface area contributed by atoms with Crippen LogP contribution < -0.4 is 16.0 Å². The van der Waals surface area contributed by atoms with Gasteiger partial charge in [0, 0.05) is 6.07 Å². The first-order valence-electron chi connectivity index (χ1n) is 8.96. The zero-order valence-electron chi connectivity index (χ0n) is 15.5. The summed E-state index contributed by atoms with van der Waals surface area (Å²) in [6.45, 7) is -0.199. The third-order valence-electron chi connectivity index (χ3n) is 4.57. The van der Waals surface area contributed by atoms with Crippen LogP contribution in [0.15, 0.2) is 41.2 Å². The number of nitrogens with zero attached hydrogens (tertiary/aromatic N) is 1. The highest BCUT2D eigenvalue weighted by molar-refractivity contribution is 5.98. The highest BCUT2D eigenvalue weighted by Gasteiger charge is 2.18. The van der Waals surface area contributed by atoms with Gasteiger partial charge in [-0.2, -0.15) is 0 Å². The van der Waals surface area contributed by atoms with Crippen molar-refractivity contribution in [1.82, 2.24) is 15.0 Å². The van der Waals surface area contributed by atoms with E-state index < -0.39 is 29.9 Å². The van der Waals surface area contributed by atoms with Crippen molar-refractivity contribution in [3.63, 3.8) is 0 Å². The van der Waals surface area contributed by atoms with Crippen LogP contribution >= 0.6 is 0 Å². The highest BCUT2D eigenvalue weighted by atomic mass is 19.1. The maximum atomic E-state index is 14.3. The van der Waals surface area contributed by atoms with Gasteiger partial charge in [-0.3, -0.25) is 9.59 Å². The van der Waals surface area contributed by atoms with Crippen LogP contribution in [0.25, 0.3) is 33.3 Å². The molecule has 0 saturated carbocycles. The number of carboxylic acids is 1. The zero-order valence-corrected chi connectivity index (χ0v) is 15.5. The van der Waals surface area contributed by atoms with E-state index in [1.165, 1.54) is 12.1 Å². The van der Waals surface area contributed by atoms with E-state index in [0.717, 1.165) is 0 Å². The largest absolute Gasteiger partial charge is 0.491 e. The second kappa shape index (κ2) is 7.48. The molecule has 2 aromatic carbocycles. The van der Waals surface area contributed by atoms with E-state index in [1.807, 2.05) is 0 Å². The molecule has 1 unspecified atom stereocenters. The van der Waals surface area contributed by atoms with E-state index in [4.69, 9.17) is 15.6 Å². The van der Waals surface area contributed by atoms with Crippen LogP contribution in [0.2, 0.25) is 0 Å². The average molecular weight is 412 g/mol. The molecule has 0 bridgehead atoms. The maximum Gasteiger partial charge on any atom is 0.306 e. The normalized spacial score (nSPS) is 12.3. The fraction of sp³-hybridized carbons (Fsp3) is 0.150. The number of aromatic amines is 2. The second-order valence-corrected chi connectivity index (χ2v) is 6.73. The molecule has 0 radical (unpaired) electrons. The number of aliphatic hydroxyl groups excluding tert-OH is 1. The molecule has 0 aliphatic rings. The topological polar surface area (TPSA) is 154 Å². The van der Waals surface area contributed by atoms with Gasteiger partial charge in [-0.05, 0) is 24.3 Å². The summed E-state index contributed by atoms with van der Waals surface area (Å²) >= 11 is 0. The van der Waals surface area contributed by atoms with E-state index >= 15 is 0 Å². The summed E-state index contributed by atoms with van der Waals surface area (Å²) in [5, 5.41) is 18.4. The van der Waals surface area contributed by atoms with Crippen LogP contribution in [0.5, 0.6) is 5.75 Å². The standard InChI is InChI=1S/C20H17FN4O5/c21-11-2-1-3-13-16(11)18(22)17(20(29)25-13)19-23-12-5-4-10(7-14(12)24-19)30-8-9(26)6-15(27)28/h1-5,7,9,26H,6,8H2,(H,23,24)(H,27,28)(H3,22,25,29). The van der Waals surface area contributed by atoms with Crippen LogP contribution in [0.4, 0.5) is 10.1 Å². The molecule has 30 heavy (non-hydrogen) atoms. The van der Waals surface area contributed by atoms with E-state index in [2.05, 4.69) is 15.0 Å². The fourth-order valence-electron chi connectivity index (χ4n) is 3.22. The number of halogens is 1. The first kappa shape index (κ1) is 19.4. The molecule has 1 atom stereocenters. The van der Waals surface area contributed by atoms with Crippen LogP contribution in [-0.4, -0.2) is 43.8 Å². The molecule has 4 aromatic rings. The number of aliphatic hydroxyl groups is 1. The van der Waals surface area contributed by atoms with Gasteiger partial charge in [0.2, 0.25) is 0 Å². The van der Waals surface area contributed by atoms with Gasteiger partial charge in [-0.25, -0.2) is 9.37 Å². The number of aliphatic carboxylic acids is 1. The molecule has 0 amide bonds. The molecule has 6 N–H and O–H groups in total. The number of hydrogen-bond donors (Lipinski definition) is 5. The van der Waals surface area contributed by atoms with Crippen LogP contribution in [0, 0.1) is 5.82 Å². The number of benzene rings is 2. The lowest BCUT2D eigenvalue weighted by molar-refractivity contribution is -0.139. The van der Waals surface area contributed by atoms with Gasteiger partial charge in [0.25, 0.3) is 5.56 Å². The Morgan fingerprint density at radius 2 is 2.03 bits per heavy atom. The number of fused-ring (bicyclic) bond motifs is 2. The molecular weight excluding hydrogens is 395 g/mol. The van der Waals surface area contributed by atoms with Crippen LogP contribution in [-0.2, 0) is 4.79 Å². The number of anilines is 1. The zero-order chi connectivity index (χ0) is 21.4. The molecule has 0 spiro atoms. The smallest absolute Gasteiger partial charge is 0.306 e. The number of pyridine rings is 1. The van der Waals surface area contributed by atoms with Crippen molar-refractivity contribution < 1.29 is 24.1 Å². The van der Waals surface area contributed by atoms with Crippen LogP contribution in [0.3, 0.4) is 0 Å². The van der Waals surface area contributed by atoms with Gasteiger partial charge in [-0.1, -0.05) is 6.07 Å². The molecule has 4 rings (SSSR count). The van der Waals surface area contributed by atoms with Crippen LogP contribution in [0.1, 0.15) is 6.42 Å². The summed E-state index contributed by atoms with van der Waals surface area (Å²) in [7, 11) is 0. The molecule has 0 aliphatic heterocycles. The molecule has 2 aromatic heterocycles. The number of carboxylic acid groups (broad SMARTS) is 1. The molecule has 154 valence electrons. The van der Waals surface area contributed by atoms with Gasteiger partial charge in [-0.15, -0.1) is 0 Å². The van der Waals surface area contributed by atoms with E-state index in [0.29, 0.717) is 16.8 Å². The predicted molar refractivity (Wildman–Crippen MR) is 108 cm³/mol. The maximum absolute atomic E-state index is 14.3. The minimum absolute atomic E-state index is 0.0168. The molecule has 2 heterocycles. The molecule has 9 nitrogen and oxygen atoms in total. The molecule has 10 heteroatoms. The summed E-state index contributed by atoms with van der Waals surface area (Å²) in [4.78, 5) is 33.1. The van der Waals surface area contributed by atoms with Gasteiger partial charge in [0.1, 0.15) is 29.6 Å². The van der Waals surface area contributed by atoms with E-state index in [-0.39, 0.29) is 34.6 Å². The summed E-state index contributed by atoms with van der Waals surface area (Å²) in [6.07, 6.45) is -1.59. The molecular formula is C20H17FN4O5.